The van der Waals surface area contributed by atoms with Crippen molar-refractivity contribution in [2.45, 2.75) is 10.1 Å². The number of ether oxygens (including phenoxy) is 2. The van der Waals surface area contributed by atoms with E-state index in [9.17, 15) is 8.42 Å². The zero-order valence-corrected chi connectivity index (χ0v) is 17.0. The second-order valence-corrected chi connectivity index (χ2v) is 8.39. The highest BCUT2D eigenvalue weighted by Crippen LogP contribution is 2.28. The minimum absolute atomic E-state index is 0.0311. The molecule has 1 heterocycles. The molecule has 0 aliphatic carbocycles. The topological polar surface area (TPSA) is 106 Å². The van der Waals surface area contributed by atoms with Crippen molar-refractivity contribution in [2.24, 2.45) is 0 Å². The van der Waals surface area contributed by atoms with E-state index in [1.165, 1.54) is 32.0 Å². The summed E-state index contributed by atoms with van der Waals surface area (Å²) in [5.74, 6) is 1.83. The van der Waals surface area contributed by atoms with E-state index in [-0.39, 0.29) is 17.2 Å². The molecule has 3 rings (SSSR count). The molecule has 0 atom stereocenters. The Hall–Kier alpha value is -2.56. The summed E-state index contributed by atoms with van der Waals surface area (Å²) in [5, 5.41) is 7.58. The van der Waals surface area contributed by atoms with Gasteiger partial charge in [0.1, 0.15) is 16.4 Å². The zero-order valence-electron chi connectivity index (χ0n) is 15.4. The third-order valence-electron chi connectivity index (χ3n) is 3.80. The van der Waals surface area contributed by atoms with Crippen molar-refractivity contribution in [3.05, 3.63) is 48.5 Å². The molecule has 148 valence electrons. The number of sulfonamides is 1. The number of H-pyrrole nitrogens is 1. The van der Waals surface area contributed by atoms with Crippen molar-refractivity contribution in [3.8, 4) is 22.9 Å². The molecule has 0 amide bonds. The maximum Gasteiger partial charge on any atom is 0.244 e. The van der Waals surface area contributed by atoms with Gasteiger partial charge in [-0.1, -0.05) is 42.1 Å². The molecular formula is C18H20N4O4S2. The van der Waals surface area contributed by atoms with Crippen LogP contribution in [0, 0.1) is 0 Å². The summed E-state index contributed by atoms with van der Waals surface area (Å²) in [7, 11) is -0.849. The predicted molar refractivity (Wildman–Crippen MR) is 107 cm³/mol. The molecule has 8 nitrogen and oxygen atoms in total. The first-order valence-electron chi connectivity index (χ1n) is 8.36. The lowest BCUT2D eigenvalue weighted by atomic mass is 10.2. The van der Waals surface area contributed by atoms with Crippen LogP contribution in [0.25, 0.3) is 11.4 Å². The number of hydrogen-bond acceptors (Lipinski definition) is 7. The largest absolute Gasteiger partial charge is 0.497 e. The number of nitrogens with one attached hydrogen (secondary N) is 2. The van der Waals surface area contributed by atoms with Crippen molar-refractivity contribution in [3.63, 3.8) is 0 Å². The second kappa shape index (κ2) is 9.09. The fourth-order valence-electron chi connectivity index (χ4n) is 2.43. The molecule has 0 saturated carbocycles. The molecule has 0 bridgehead atoms. The van der Waals surface area contributed by atoms with Gasteiger partial charge in [0.2, 0.25) is 15.2 Å². The van der Waals surface area contributed by atoms with Crippen LogP contribution in [0.5, 0.6) is 11.5 Å². The van der Waals surface area contributed by atoms with E-state index in [1.807, 2.05) is 30.3 Å². The van der Waals surface area contributed by atoms with Crippen LogP contribution in [-0.4, -0.2) is 50.1 Å². The summed E-state index contributed by atoms with van der Waals surface area (Å²) >= 11 is 1.35. The van der Waals surface area contributed by atoms with Crippen molar-refractivity contribution in [1.82, 2.24) is 19.9 Å². The molecule has 1 aromatic heterocycles. The summed E-state index contributed by atoms with van der Waals surface area (Å²) in [6.45, 7) is 0.211. The smallest absolute Gasteiger partial charge is 0.244 e. The number of aromatic nitrogens is 3. The minimum Gasteiger partial charge on any atom is -0.497 e. The van der Waals surface area contributed by atoms with E-state index < -0.39 is 10.0 Å². The van der Waals surface area contributed by atoms with Crippen LogP contribution in [0.4, 0.5) is 0 Å². The summed E-state index contributed by atoms with van der Waals surface area (Å²) in [5.41, 5.74) is 0.938. The van der Waals surface area contributed by atoms with Crippen molar-refractivity contribution in [2.75, 3.05) is 26.5 Å². The van der Waals surface area contributed by atoms with Crippen LogP contribution in [0.3, 0.4) is 0 Å². The van der Waals surface area contributed by atoms with Gasteiger partial charge in [-0.3, -0.25) is 5.10 Å². The van der Waals surface area contributed by atoms with Gasteiger partial charge in [-0.2, -0.15) is 0 Å². The number of benzene rings is 2. The maximum atomic E-state index is 12.6. The molecule has 28 heavy (non-hydrogen) atoms. The first-order valence-corrected chi connectivity index (χ1v) is 10.8. The third kappa shape index (κ3) is 4.83. The van der Waals surface area contributed by atoms with E-state index >= 15 is 0 Å². The number of rotatable bonds is 9. The zero-order chi connectivity index (χ0) is 20.0. The van der Waals surface area contributed by atoms with Crippen LogP contribution >= 0.6 is 11.8 Å². The predicted octanol–water partition coefficient (Wildman–Crippen LogP) is 2.56. The van der Waals surface area contributed by atoms with E-state index in [4.69, 9.17) is 9.47 Å². The molecule has 0 spiro atoms. The maximum absolute atomic E-state index is 12.6. The van der Waals surface area contributed by atoms with Crippen LogP contribution in [0.2, 0.25) is 0 Å². The molecule has 0 aliphatic heterocycles. The first-order chi connectivity index (χ1) is 13.5. The molecule has 0 fully saturated rings. The lowest BCUT2D eigenvalue weighted by Gasteiger charge is -2.11. The van der Waals surface area contributed by atoms with Gasteiger partial charge in [0.15, 0.2) is 5.82 Å². The Balaban J connectivity index is 1.59. The average molecular weight is 421 g/mol. The molecule has 0 radical (unpaired) electrons. The number of methoxy groups -OCH3 is 2. The van der Waals surface area contributed by atoms with E-state index in [2.05, 4.69) is 19.9 Å². The van der Waals surface area contributed by atoms with Gasteiger partial charge >= 0.3 is 0 Å². The molecule has 2 N–H and O–H groups in total. The lowest BCUT2D eigenvalue weighted by Crippen LogP contribution is -2.26. The fourth-order valence-corrected chi connectivity index (χ4v) is 4.42. The summed E-state index contributed by atoms with van der Waals surface area (Å²) in [4.78, 5) is 4.44. The molecule has 0 saturated heterocycles. The Morgan fingerprint density at radius 1 is 1.11 bits per heavy atom. The number of nitrogens with zero attached hydrogens (tertiary/aromatic N) is 2. The quantitative estimate of drug-likeness (QED) is 0.405. The average Bonchev–Trinajstić information content (AvgIpc) is 3.20. The highest BCUT2D eigenvalue weighted by Gasteiger charge is 2.20. The van der Waals surface area contributed by atoms with E-state index in [0.717, 1.165) is 5.56 Å². The molecule has 10 heteroatoms. The van der Waals surface area contributed by atoms with Crippen LogP contribution in [0.15, 0.2) is 58.6 Å². The molecular weight excluding hydrogens is 400 g/mol. The third-order valence-corrected chi connectivity index (χ3v) is 6.13. The summed E-state index contributed by atoms with van der Waals surface area (Å²) in [6.07, 6.45) is 0. The molecule has 2 aromatic carbocycles. The molecule has 3 aromatic rings. The molecule has 0 unspecified atom stereocenters. The minimum atomic E-state index is -3.74. The van der Waals surface area contributed by atoms with E-state index in [1.54, 1.807) is 12.1 Å². The van der Waals surface area contributed by atoms with Crippen molar-refractivity contribution < 1.29 is 17.9 Å². The number of hydrogen-bond donors (Lipinski definition) is 2. The van der Waals surface area contributed by atoms with Crippen LogP contribution in [0.1, 0.15) is 0 Å². The Morgan fingerprint density at radius 2 is 1.89 bits per heavy atom. The van der Waals surface area contributed by atoms with Gasteiger partial charge < -0.3 is 9.47 Å². The highest BCUT2D eigenvalue weighted by atomic mass is 32.2. The fraction of sp³-hybridized carbons (Fsp3) is 0.222. The van der Waals surface area contributed by atoms with Crippen LogP contribution < -0.4 is 14.2 Å². The Bertz CT molecular complexity index is 1020. The Morgan fingerprint density at radius 3 is 2.61 bits per heavy atom. The normalized spacial score (nSPS) is 11.4. The number of aromatic amines is 1. The second-order valence-electron chi connectivity index (χ2n) is 5.60. The van der Waals surface area contributed by atoms with Gasteiger partial charge in [-0.25, -0.2) is 18.1 Å². The first kappa shape index (κ1) is 20.2. The van der Waals surface area contributed by atoms with Crippen molar-refractivity contribution >= 4 is 21.8 Å². The van der Waals surface area contributed by atoms with Crippen molar-refractivity contribution in [1.29, 1.82) is 0 Å². The summed E-state index contributed by atoms with van der Waals surface area (Å²) in [6, 6.07) is 14.3. The van der Waals surface area contributed by atoms with Gasteiger partial charge in [-0.05, 0) is 12.1 Å². The highest BCUT2D eigenvalue weighted by molar-refractivity contribution is 7.99. The van der Waals surface area contributed by atoms with E-state index in [0.29, 0.717) is 22.5 Å². The Kier molecular flexibility index (Phi) is 6.55. The monoisotopic (exact) mass is 420 g/mol. The van der Waals surface area contributed by atoms with Gasteiger partial charge in [0, 0.05) is 23.9 Å². The summed E-state index contributed by atoms with van der Waals surface area (Å²) < 4.78 is 38.0. The van der Waals surface area contributed by atoms with Gasteiger partial charge in [0.25, 0.3) is 0 Å². The van der Waals surface area contributed by atoms with Crippen LogP contribution in [-0.2, 0) is 10.0 Å². The van der Waals surface area contributed by atoms with Gasteiger partial charge in [-0.15, -0.1) is 5.10 Å². The number of thioether (sulfide) groups is 1. The standard InChI is InChI=1S/C18H20N4O4S2/c1-25-14-8-9-15(26-2)16(12-14)28(23,24)19-10-11-27-18-20-17(21-22-18)13-6-4-3-5-7-13/h3-9,12,19H,10-11H2,1-2H3,(H,20,21,22). The van der Waals surface area contributed by atoms with Gasteiger partial charge in [0.05, 0.1) is 14.2 Å². The SMILES string of the molecule is COc1ccc(OC)c(S(=O)(=O)NCCSc2n[nH]c(-c3ccccc3)n2)c1. The Labute approximate surface area is 167 Å². The lowest BCUT2D eigenvalue weighted by molar-refractivity contribution is 0.392. The molecule has 0 aliphatic rings.